The molecule has 0 radical (unpaired) electrons. The molecule has 0 saturated carbocycles. The van der Waals surface area contributed by atoms with Crippen LogP contribution in [0, 0.1) is 0 Å². The lowest BCUT2D eigenvalue weighted by molar-refractivity contribution is 0.397. The van der Waals surface area contributed by atoms with Gasteiger partial charge in [-0.3, -0.25) is 0 Å². The van der Waals surface area contributed by atoms with Gasteiger partial charge in [0.15, 0.2) is 0 Å². The molecule has 0 aromatic carbocycles. The smallest absolute Gasteiger partial charge is 0.0274 e. The van der Waals surface area contributed by atoms with Crippen LogP contribution in [0.2, 0.25) is 0 Å². The number of fused-ring (bicyclic) bond motifs is 8. The largest absolute Gasteiger partial charge is 0.304 e. The summed E-state index contributed by atoms with van der Waals surface area (Å²) in [5.74, 6) is 0. The lowest BCUT2D eigenvalue weighted by atomic mass is 10.1. The molecule has 128 valence electrons. The van der Waals surface area contributed by atoms with Crippen LogP contribution in [0.5, 0.6) is 0 Å². The summed E-state index contributed by atoms with van der Waals surface area (Å²) in [7, 11) is 0. The van der Waals surface area contributed by atoms with Crippen molar-refractivity contribution in [2.45, 2.75) is 74.0 Å². The van der Waals surface area contributed by atoms with Crippen molar-refractivity contribution >= 4 is 0 Å². The molecule has 8 bridgehead atoms. The summed E-state index contributed by atoms with van der Waals surface area (Å²) < 4.78 is 0. The molecule has 4 heteroatoms. The summed E-state index contributed by atoms with van der Waals surface area (Å²) in [6.07, 6.45) is 23.5. The fraction of sp³-hybridized carbons (Fsp3) is 0.600. The molecular weight excluding hydrogens is 296 g/mol. The van der Waals surface area contributed by atoms with Crippen molar-refractivity contribution in [3.8, 4) is 0 Å². The summed E-state index contributed by atoms with van der Waals surface area (Å²) >= 11 is 0. The lowest BCUT2D eigenvalue weighted by Gasteiger charge is -2.24. The van der Waals surface area contributed by atoms with Gasteiger partial charge in [0.05, 0.1) is 0 Å². The van der Waals surface area contributed by atoms with E-state index in [1.807, 2.05) is 0 Å². The van der Waals surface area contributed by atoms with Crippen LogP contribution in [0.3, 0.4) is 0 Å². The maximum absolute atomic E-state index is 3.78. The predicted molar refractivity (Wildman–Crippen MR) is 97.9 cm³/mol. The molecule has 24 heavy (non-hydrogen) atoms. The van der Waals surface area contributed by atoms with Gasteiger partial charge in [-0.15, -0.1) is 0 Å². The highest BCUT2D eigenvalue weighted by Crippen LogP contribution is 2.22. The van der Waals surface area contributed by atoms with Gasteiger partial charge in [0.1, 0.15) is 0 Å². The van der Waals surface area contributed by atoms with E-state index < -0.39 is 0 Å². The Morgan fingerprint density at radius 1 is 0.333 bits per heavy atom. The molecule has 0 aromatic rings. The summed E-state index contributed by atoms with van der Waals surface area (Å²) in [6.45, 7) is 0. The molecule has 1 saturated heterocycles. The van der Waals surface area contributed by atoms with E-state index in [9.17, 15) is 0 Å². The minimum Gasteiger partial charge on any atom is -0.304 e. The highest BCUT2D eigenvalue weighted by molar-refractivity contribution is 5.20. The fourth-order valence-electron chi connectivity index (χ4n) is 4.88. The molecule has 0 amide bonds. The molecule has 0 aromatic heterocycles. The Morgan fingerprint density at radius 3 is 0.667 bits per heavy atom. The number of hydrogen-bond acceptors (Lipinski definition) is 4. The predicted octanol–water partition coefficient (Wildman–Crippen LogP) is 1.15. The van der Waals surface area contributed by atoms with Crippen LogP contribution in [-0.4, -0.2) is 48.3 Å². The molecule has 0 spiro atoms. The van der Waals surface area contributed by atoms with Crippen molar-refractivity contribution in [1.82, 2.24) is 21.3 Å². The maximum atomic E-state index is 3.78. The van der Waals surface area contributed by atoms with Crippen molar-refractivity contribution in [2.75, 3.05) is 0 Å². The third-order valence-electron chi connectivity index (χ3n) is 6.05. The molecule has 5 aliphatic heterocycles. The topological polar surface area (TPSA) is 48.1 Å². The van der Waals surface area contributed by atoms with Crippen molar-refractivity contribution in [1.29, 1.82) is 0 Å². The minimum absolute atomic E-state index is 0.499. The summed E-state index contributed by atoms with van der Waals surface area (Å²) in [5.41, 5.74) is 0. The number of hydrogen-bond donors (Lipinski definition) is 4. The van der Waals surface area contributed by atoms with Gasteiger partial charge >= 0.3 is 0 Å². The molecule has 8 unspecified atom stereocenters. The van der Waals surface area contributed by atoms with E-state index in [1.165, 1.54) is 0 Å². The van der Waals surface area contributed by atoms with E-state index in [0.29, 0.717) is 48.3 Å². The first-order valence-electron chi connectivity index (χ1n) is 9.58. The van der Waals surface area contributed by atoms with E-state index in [2.05, 4.69) is 69.9 Å². The molecule has 0 aliphatic carbocycles. The SMILES string of the molecule is C1=CC2CC3C=CC(CC4C=CC(CC5C=CC(CC1N2)N5)N4)N3. The summed E-state index contributed by atoms with van der Waals surface area (Å²) in [6, 6.07) is 3.99. The van der Waals surface area contributed by atoms with Gasteiger partial charge < -0.3 is 21.3 Å². The third kappa shape index (κ3) is 3.16. The average Bonchev–Trinajstić information content (AvgIpc) is 3.32. The zero-order valence-electron chi connectivity index (χ0n) is 14.1. The van der Waals surface area contributed by atoms with Crippen LogP contribution in [-0.2, 0) is 0 Å². The maximum Gasteiger partial charge on any atom is 0.0274 e. The molecule has 5 aliphatic rings. The monoisotopic (exact) mass is 324 g/mol. The third-order valence-corrected chi connectivity index (χ3v) is 6.05. The van der Waals surface area contributed by atoms with Gasteiger partial charge in [0.2, 0.25) is 0 Å². The van der Waals surface area contributed by atoms with E-state index in [1.54, 1.807) is 0 Å². The lowest BCUT2D eigenvalue weighted by Crippen LogP contribution is -2.44. The second kappa shape index (κ2) is 6.26. The highest BCUT2D eigenvalue weighted by Gasteiger charge is 2.30. The first-order valence-corrected chi connectivity index (χ1v) is 9.58. The van der Waals surface area contributed by atoms with Gasteiger partial charge in [-0.25, -0.2) is 0 Å². The first-order chi connectivity index (χ1) is 11.8. The van der Waals surface area contributed by atoms with Gasteiger partial charge in [0, 0.05) is 48.3 Å². The van der Waals surface area contributed by atoms with Gasteiger partial charge in [-0.1, -0.05) is 48.6 Å². The molecule has 4 N–H and O–H groups in total. The average molecular weight is 324 g/mol. The van der Waals surface area contributed by atoms with E-state index in [0.717, 1.165) is 25.7 Å². The van der Waals surface area contributed by atoms with Crippen molar-refractivity contribution in [3.63, 3.8) is 0 Å². The van der Waals surface area contributed by atoms with E-state index >= 15 is 0 Å². The van der Waals surface area contributed by atoms with Crippen LogP contribution < -0.4 is 21.3 Å². The molecule has 4 nitrogen and oxygen atoms in total. The molecular formula is C20H28N4. The normalized spacial score (nSPS) is 49.3. The summed E-state index contributed by atoms with van der Waals surface area (Å²) in [4.78, 5) is 0. The van der Waals surface area contributed by atoms with E-state index in [-0.39, 0.29) is 0 Å². The van der Waals surface area contributed by atoms with Gasteiger partial charge in [0.25, 0.3) is 0 Å². The van der Waals surface area contributed by atoms with Crippen molar-refractivity contribution in [2.24, 2.45) is 0 Å². The molecule has 5 rings (SSSR count). The Morgan fingerprint density at radius 2 is 0.500 bits per heavy atom. The second-order valence-corrected chi connectivity index (χ2v) is 8.00. The Balaban J connectivity index is 1.30. The Kier molecular flexibility index (Phi) is 3.94. The summed E-state index contributed by atoms with van der Waals surface area (Å²) in [5, 5.41) is 15.1. The standard InChI is InChI=1S/C20H28N4/c1-2-14-10-16-5-6-18(23-16)12-20-8-7-19(24-20)11-17-4-3-15(22-17)9-13(1)21-14/h1-8,13-24H,9-12H2. The molecule has 5 heterocycles. The zero-order valence-corrected chi connectivity index (χ0v) is 14.1. The van der Waals surface area contributed by atoms with Crippen LogP contribution >= 0.6 is 0 Å². The number of rotatable bonds is 0. The van der Waals surface area contributed by atoms with Crippen LogP contribution in [0.4, 0.5) is 0 Å². The zero-order chi connectivity index (χ0) is 15.9. The van der Waals surface area contributed by atoms with Crippen molar-refractivity contribution < 1.29 is 0 Å². The fourth-order valence-corrected chi connectivity index (χ4v) is 4.88. The second-order valence-electron chi connectivity index (χ2n) is 8.00. The Labute approximate surface area is 144 Å². The van der Waals surface area contributed by atoms with E-state index in [4.69, 9.17) is 0 Å². The first kappa shape index (κ1) is 15.1. The van der Waals surface area contributed by atoms with Crippen LogP contribution in [0.25, 0.3) is 0 Å². The molecule has 1 fully saturated rings. The van der Waals surface area contributed by atoms with Gasteiger partial charge in [-0.2, -0.15) is 0 Å². The Hall–Kier alpha value is -1.20. The quantitative estimate of drug-likeness (QED) is 0.505. The van der Waals surface area contributed by atoms with Crippen molar-refractivity contribution in [3.05, 3.63) is 48.6 Å². The highest BCUT2D eigenvalue weighted by atomic mass is 15.1. The number of nitrogens with one attached hydrogen (secondary N) is 4. The van der Waals surface area contributed by atoms with Crippen LogP contribution in [0.15, 0.2) is 48.6 Å². The molecule has 8 atom stereocenters. The van der Waals surface area contributed by atoms with Gasteiger partial charge in [-0.05, 0) is 25.7 Å². The minimum atomic E-state index is 0.499. The van der Waals surface area contributed by atoms with Crippen LogP contribution in [0.1, 0.15) is 25.7 Å². The Bertz CT molecular complexity index is 448.